The van der Waals surface area contributed by atoms with Crippen LogP contribution in [0, 0.1) is 0 Å². The van der Waals surface area contributed by atoms with Crippen molar-refractivity contribution in [1.82, 2.24) is 20.3 Å². The molecule has 2 aromatic heterocycles. The number of amides is 1. The molecule has 6 heteroatoms. The van der Waals surface area contributed by atoms with Gasteiger partial charge in [-0.15, -0.1) is 0 Å². The molecule has 0 fully saturated rings. The summed E-state index contributed by atoms with van der Waals surface area (Å²) < 4.78 is 0. The Morgan fingerprint density at radius 2 is 2.12 bits per heavy atom. The highest BCUT2D eigenvalue weighted by Crippen LogP contribution is 2.16. The van der Waals surface area contributed by atoms with Crippen LogP contribution in [-0.4, -0.2) is 27.9 Å². The zero-order valence-corrected chi connectivity index (χ0v) is 9.77. The highest BCUT2D eigenvalue weighted by molar-refractivity contribution is 6.29. The largest absolute Gasteiger partial charge is 0.354 e. The molecule has 5 nitrogen and oxygen atoms in total. The Balaban J connectivity index is 2.43. The molecule has 86 valence electrons. The third-order valence-corrected chi connectivity index (χ3v) is 2.31. The molecular formula is C11H9ClN4O. The van der Waals surface area contributed by atoms with Crippen molar-refractivity contribution in [2.45, 2.75) is 0 Å². The predicted molar refractivity (Wildman–Crippen MR) is 63.7 cm³/mol. The van der Waals surface area contributed by atoms with Gasteiger partial charge in [-0.25, -0.2) is 15.0 Å². The maximum absolute atomic E-state index is 11.4. The first-order valence-corrected chi connectivity index (χ1v) is 5.25. The molecule has 2 rings (SSSR count). The van der Waals surface area contributed by atoms with Crippen LogP contribution in [0.1, 0.15) is 10.5 Å². The number of nitrogens with zero attached hydrogens (tertiary/aromatic N) is 3. The lowest BCUT2D eigenvalue weighted by Crippen LogP contribution is -2.19. The summed E-state index contributed by atoms with van der Waals surface area (Å²) >= 11 is 5.79. The smallest absolute Gasteiger partial charge is 0.269 e. The molecule has 0 aliphatic carbocycles. The second-order valence-corrected chi connectivity index (χ2v) is 3.60. The van der Waals surface area contributed by atoms with E-state index in [0.29, 0.717) is 22.2 Å². The fourth-order valence-corrected chi connectivity index (χ4v) is 1.46. The maximum atomic E-state index is 11.4. The summed E-state index contributed by atoms with van der Waals surface area (Å²) in [5.41, 5.74) is 1.45. The molecule has 0 atom stereocenters. The van der Waals surface area contributed by atoms with Crippen LogP contribution in [0.3, 0.4) is 0 Å². The van der Waals surface area contributed by atoms with Crippen molar-refractivity contribution in [3.05, 3.63) is 41.4 Å². The van der Waals surface area contributed by atoms with E-state index in [4.69, 9.17) is 11.6 Å². The fraction of sp³-hybridized carbons (Fsp3) is 0.0909. The molecule has 2 aromatic rings. The van der Waals surface area contributed by atoms with Gasteiger partial charge in [0.1, 0.15) is 17.2 Å². The first-order chi connectivity index (χ1) is 8.20. The summed E-state index contributed by atoms with van der Waals surface area (Å²) in [4.78, 5) is 23.5. The van der Waals surface area contributed by atoms with Gasteiger partial charge in [-0.05, 0) is 18.2 Å². The van der Waals surface area contributed by atoms with E-state index < -0.39 is 0 Å². The fourth-order valence-electron chi connectivity index (χ4n) is 1.30. The Morgan fingerprint density at radius 1 is 1.29 bits per heavy atom. The van der Waals surface area contributed by atoms with Crippen molar-refractivity contribution in [3.8, 4) is 11.4 Å². The summed E-state index contributed by atoms with van der Waals surface area (Å²) in [6, 6.07) is 6.78. The molecule has 2 heterocycles. The van der Waals surface area contributed by atoms with Crippen molar-refractivity contribution in [2.75, 3.05) is 7.05 Å². The highest BCUT2D eigenvalue weighted by atomic mass is 35.5. The van der Waals surface area contributed by atoms with Gasteiger partial charge < -0.3 is 5.32 Å². The van der Waals surface area contributed by atoms with Gasteiger partial charge in [0, 0.05) is 7.05 Å². The molecule has 0 saturated heterocycles. The number of nitrogens with one attached hydrogen (secondary N) is 1. The first kappa shape index (κ1) is 11.5. The summed E-state index contributed by atoms with van der Waals surface area (Å²) in [5.74, 6) is -0.268. The minimum Gasteiger partial charge on any atom is -0.354 e. The van der Waals surface area contributed by atoms with Gasteiger partial charge in [0.15, 0.2) is 0 Å². The standard InChI is InChI=1S/C11H9ClN4O/c1-13-11(17)9-5-8(14-6-15-9)7-3-2-4-10(12)16-7/h2-6H,1H3,(H,13,17). The van der Waals surface area contributed by atoms with E-state index in [1.165, 1.54) is 6.33 Å². The van der Waals surface area contributed by atoms with Crippen LogP contribution in [-0.2, 0) is 0 Å². The van der Waals surface area contributed by atoms with Crippen LogP contribution in [0.4, 0.5) is 0 Å². The van der Waals surface area contributed by atoms with Crippen LogP contribution in [0.5, 0.6) is 0 Å². The van der Waals surface area contributed by atoms with Gasteiger partial charge in [-0.2, -0.15) is 0 Å². The normalized spacial score (nSPS) is 10.0. The Morgan fingerprint density at radius 3 is 2.82 bits per heavy atom. The number of halogens is 1. The van der Waals surface area contributed by atoms with E-state index in [2.05, 4.69) is 20.3 Å². The first-order valence-electron chi connectivity index (χ1n) is 4.88. The number of carbonyl (C=O) groups excluding carboxylic acids is 1. The second kappa shape index (κ2) is 4.88. The molecule has 0 radical (unpaired) electrons. The lowest BCUT2D eigenvalue weighted by molar-refractivity contribution is 0.0958. The zero-order chi connectivity index (χ0) is 12.3. The Labute approximate surface area is 103 Å². The molecule has 0 aliphatic heterocycles. The minimum atomic E-state index is -0.268. The maximum Gasteiger partial charge on any atom is 0.269 e. The van der Waals surface area contributed by atoms with Crippen molar-refractivity contribution in [3.63, 3.8) is 0 Å². The molecule has 0 bridgehead atoms. The van der Waals surface area contributed by atoms with Gasteiger partial charge >= 0.3 is 0 Å². The number of hydrogen-bond donors (Lipinski definition) is 1. The monoisotopic (exact) mass is 248 g/mol. The summed E-state index contributed by atoms with van der Waals surface area (Å²) in [6.07, 6.45) is 1.32. The van der Waals surface area contributed by atoms with E-state index in [-0.39, 0.29) is 5.91 Å². The van der Waals surface area contributed by atoms with Gasteiger partial charge in [0.25, 0.3) is 5.91 Å². The summed E-state index contributed by atoms with van der Waals surface area (Å²) in [5, 5.41) is 2.87. The molecule has 0 aliphatic rings. The van der Waals surface area contributed by atoms with E-state index >= 15 is 0 Å². The predicted octanol–water partition coefficient (Wildman–Crippen LogP) is 1.55. The lowest BCUT2D eigenvalue weighted by Gasteiger charge is -2.02. The molecule has 0 spiro atoms. The van der Waals surface area contributed by atoms with Crippen LogP contribution in [0.25, 0.3) is 11.4 Å². The highest BCUT2D eigenvalue weighted by Gasteiger charge is 2.08. The average molecular weight is 249 g/mol. The van der Waals surface area contributed by atoms with E-state index in [0.717, 1.165) is 0 Å². The number of hydrogen-bond acceptors (Lipinski definition) is 4. The number of aromatic nitrogens is 3. The second-order valence-electron chi connectivity index (χ2n) is 3.21. The van der Waals surface area contributed by atoms with Crippen molar-refractivity contribution in [1.29, 1.82) is 0 Å². The molecule has 0 aromatic carbocycles. The number of carbonyl (C=O) groups is 1. The van der Waals surface area contributed by atoms with E-state index in [9.17, 15) is 4.79 Å². The summed E-state index contributed by atoms with van der Waals surface area (Å²) in [6.45, 7) is 0. The van der Waals surface area contributed by atoms with Crippen LogP contribution in [0.15, 0.2) is 30.6 Å². The quantitative estimate of drug-likeness (QED) is 0.819. The summed E-state index contributed by atoms with van der Waals surface area (Å²) in [7, 11) is 1.54. The van der Waals surface area contributed by atoms with Crippen molar-refractivity contribution in [2.24, 2.45) is 0 Å². The Bertz CT molecular complexity index is 559. The van der Waals surface area contributed by atoms with Crippen molar-refractivity contribution >= 4 is 17.5 Å². The molecular weight excluding hydrogens is 240 g/mol. The van der Waals surface area contributed by atoms with Gasteiger partial charge in [0.05, 0.1) is 11.4 Å². The third-order valence-electron chi connectivity index (χ3n) is 2.10. The topological polar surface area (TPSA) is 67.8 Å². The van der Waals surface area contributed by atoms with E-state index in [1.54, 1.807) is 31.3 Å². The number of pyridine rings is 1. The van der Waals surface area contributed by atoms with Crippen LogP contribution >= 0.6 is 11.6 Å². The van der Waals surface area contributed by atoms with Crippen LogP contribution < -0.4 is 5.32 Å². The third kappa shape index (κ3) is 2.57. The average Bonchev–Trinajstić information content (AvgIpc) is 2.38. The molecule has 17 heavy (non-hydrogen) atoms. The van der Waals surface area contributed by atoms with Gasteiger partial charge in [-0.1, -0.05) is 17.7 Å². The van der Waals surface area contributed by atoms with Crippen molar-refractivity contribution < 1.29 is 4.79 Å². The van der Waals surface area contributed by atoms with E-state index in [1.807, 2.05) is 0 Å². The van der Waals surface area contributed by atoms with Gasteiger partial charge in [-0.3, -0.25) is 4.79 Å². The molecule has 0 unspecified atom stereocenters. The molecule has 0 saturated carbocycles. The number of rotatable bonds is 2. The molecule has 1 amide bonds. The Hall–Kier alpha value is -2.01. The molecule has 1 N–H and O–H groups in total. The zero-order valence-electron chi connectivity index (χ0n) is 9.01. The van der Waals surface area contributed by atoms with Gasteiger partial charge in [0.2, 0.25) is 0 Å². The Kier molecular flexibility index (Phi) is 3.30. The van der Waals surface area contributed by atoms with Crippen LogP contribution in [0.2, 0.25) is 5.15 Å². The lowest BCUT2D eigenvalue weighted by atomic mass is 10.2. The minimum absolute atomic E-state index is 0.268. The SMILES string of the molecule is CNC(=O)c1cc(-c2cccc(Cl)n2)ncn1.